The van der Waals surface area contributed by atoms with Crippen LogP contribution in [0.1, 0.15) is 24.2 Å². The first-order valence-electron chi connectivity index (χ1n) is 6.79. The second-order valence-corrected chi connectivity index (χ2v) is 8.34. The summed E-state index contributed by atoms with van der Waals surface area (Å²) in [4.78, 5) is 12.2. The van der Waals surface area contributed by atoms with E-state index in [0.29, 0.717) is 23.1 Å². The molecular formula is C13H15BrN4O3S2. The Hall–Kier alpha value is -1.36. The van der Waals surface area contributed by atoms with Crippen LogP contribution in [0.4, 0.5) is 5.13 Å². The Bertz CT molecular complexity index is 803. The molecule has 0 saturated heterocycles. The minimum Gasteiger partial charge on any atom is -0.296 e. The number of carbonyl (C=O) groups is 1. The summed E-state index contributed by atoms with van der Waals surface area (Å²) in [5.41, 5.74) is 0.427. The van der Waals surface area contributed by atoms with Crippen LogP contribution in [0.2, 0.25) is 0 Å². The molecule has 1 aromatic heterocycles. The molecule has 23 heavy (non-hydrogen) atoms. The van der Waals surface area contributed by atoms with Crippen molar-refractivity contribution in [2.24, 2.45) is 0 Å². The number of aromatic nitrogens is 2. The average molecular weight is 419 g/mol. The predicted molar refractivity (Wildman–Crippen MR) is 92.1 cm³/mol. The van der Waals surface area contributed by atoms with E-state index < -0.39 is 10.0 Å². The third-order valence-corrected chi connectivity index (χ3v) is 6.94. The summed E-state index contributed by atoms with van der Waals surface area (Å²) in [6.07, 6.45) is 0. The number of sulfonamides is 1. The number of hydrogen-bond acceptors (Lipinski definition) is 6. The largest absolute Gasteiger partial charge is 0.296 e. The topological polar surface area (TPSA) is 92.3 Å². The van der Waals surface area contributed by atoms with Gasteiger partial charge in [-0.3, -0.25) is 10.1 Å². The molecular weight excluding hydrogens is 404 g/mol. The van der Waals surface area contributed by atoms with Gasteiger partial charge in [0.05, 0.1) is 5.56 Å². The second kappa shape index (κ2) is 7.47. The van der Waals surface area contributed by atoms with Gasteiger partial charge in [0.15, 0.2) is 0 Å². The van der Waals surface area contributed by atoms with Gasteiger partial charge in [-0.05, 0) is 28.1 Å². The highest BCUT2D eigenvalue weighted by atomic mass is 79.9. The van der Waals surface area contributed by atoms with Gasteiger partial charge in [0.2, 0.25) is 9.47 Å². The number of amides is 1. The van der Waals surface area contributed by atoms with Gasteiger partial charge in [0.25, 0.3) is 15.9 Å². The first kappa shape index (κ1) is 18.0. The first-order valence-corrected chi connectivity index (χ1v) is 9.84. The second-order valence-electron chi connectivity index (χ2n) is 4.40. The summed E-state index contributed by atoms with van der Waals surface area (Å²) in [7, 11) is -3.67. The molecule has 124 valence electrons. The van der Waals surface area contributed by atoms with Gasteiger partial charge in [-0.2, -0.15) is 4.31 Å². The molecule has 2 aromatic rings. The van der Waals surface area contributed by atoms with Crippen LogP contribution in [0.25, 0.3) is 0 Å². The number of halogens is 1. The first-order chi connectivity index (χ1) is 10.9. The molecule has 0 saturated carbocycles. The van der Waals surface area contributed by atoms with Crippen LogP contribution >= 0.6 is 27.3 Å². The molecule has 0 spiro atoms. The van der Waals surface area contributed by atoms with E-state index in [1.54, 1.807) is 38.1 Å². The summed E-state index contributed by atoms with van der Waals surface area (Å²) in [5.74, 6) is -0.389. The molecule has 0 aliphatic rings. The van der Waals surface area contributed by atoms with Crippen molar-refractivity contribution < 1.29 is 13.2 Å². The van der Waals surface area contributed by atoms with Gasteiger partial charge in [0, 0.05) is 17.6 Å². The van der Waals surface area contributed by atoms with Crippen LogP contribution in [-0.4, -0.2) is 41.9 Å². The van der Waals surface area contributed by atoms with E-state index in [-0.39, 0.29) is 15.4 Å². The van der Waals surface area contributed by atoms with Crippen LogP contribution in [0, 0.1) is 0 Å². The summed E-state index contributed by atoms with van der Waals surface area (Å²) in [6, 6.07) is 6.91. The Morgan fingerprint density at radius 3 is 2.52 bits per heavy atom. The fourth-order valence-electron chi connectivity index (χ4n) is 1.85. The monoisotopic (exact) mass is 418 g/mol. The van der Waals surface area contributed by atoms with E-state index in [0.717, 1.165) is 11.3 Å². The molecule has 0 bridgehead atoms. The normalized spacial score (nSPS) is 11.7. The van der Waals surface area contributed by atoms with Crippen LogP contribution in [-0.2, 0) is 10.0 Å². The van der Waals surface area contributed by atoms with Crippen LogP contribution in [0.5, 0.6) is 0 Å². The minimum atomic E-state index is -3.67. The summed E-state index contributed by atoms with van der Waals surface area (Å²) >= 11 is 4.12. The Morgan fingerprint density at radius 1 is 1.26 bits per heavy atom. The van der Waals surface area contributed by atoms with Gasteiger partial charge >= 0.3 is 0 Å². The zero-order valence-electron chi connectivity index (χ0n) is 12.5. The maximum absolute atomic E-state index is 12.3. The molecule has 0 atom stereocenters. The average Bonchev–Trinajstić information content (AvgIpc) is 2.98. The zero-order chi connectivity index (χ0) is 17.0. The molecule has 0 unspecified atom stereocenters. The lowest BCUT2D eigenvalue weighted by atomic mass is 10.2. The van der Waals surface area contributed by atoms with Crippen LogP contribution < -0.4 is 5.32 Å². The fraction of sp³-hybridized carbons (Fsp3) is 0.308. The molecule has 1 heterocycles. The summed E-state index contributed by atoms with van der Waals surface area (Å²) < 4.78 is 26.4. The van der Waals surface area contributed by atoms with Crippen molar-refractivity contribution >= 4 is 48.3 Å². The highest BCUT2D eigenvalue weighted by molar-refractivity contribution is 9.10. The van der Waals surface area contributed by atoms with Crippen molar-refractivity contribution in [1.82, 2.24) is 14.5 Å². The molecule has 1 amide bonds. The molecule has 7 nitrogen and oxygen atoms in total. The number of nitrogens with zero attached hydrogens (tertiary/aromatic N) is 3. The SMILES string of the molecule is CCN(CC)S(=O)(=O)c1nnc(NC(=O)c2ccccc2Br)s1. The lowest BCUT2D eigenvalue weighted by Crippen LogP contribution is -2.30. The molecule has 0 radical (unpaired) electrons. The van der Waals surface area contributed by atoms with Crippen LogP contribution in [0.15, 0.2) is 33.1 Å². The minimum absolute atomic E-state index is 0.136. The van der Waals surface area contributed by atoms with E-state index in [4.69, 9.17) is 0 Å². The van der Waals surface area contributed by atoms with Crippen molar-refractivity contribution in [1.29, 1.82) is 0 Å². The number of rotatable bonds is 6. The zero-order valence-corrected chi connectivity index (χ0v) is 15.7. The third kappa shape index (κ3) is 3.94. The number of benzene rings is 1. The Balaban J connectivity index is 2.20. The number of anilines is 1. The van der Waals surface area contributed by atoms with E-state index in [1.807, 2.05) is 0 Å². The quantitative estimate of drug-likeness (QED) is 0.727. The molecule has 0 fully saturated rings. The van der Waals surface area contributed by atoms with Crippen molar-refractivity contribution in [2.45, 2.75) is 18.2 Å². The van der Waals surface area contributed by atoms with E-state index in [9.17, 15) is 13.2 Å². The Labute approximate surface area is 146 Å². The molecule has 0 aliphatic heterocycles. The van der Waals surface area contributed by atoms with Crippen molar-refractivity contribution in [3.63, 3.8) is 0 Å². The van der Waals surface area contributed by atoms with Gasteiger partial charge in [0.1, 0.15) is 0 Å². The van der Waals surface area contributed by atoms with E-state index >= 15 is 0 Å². The van der Waals surface area contributed by atoms with Gasteiger partial charge in [-0.25, -0.2) is 8.42 Å². The maximum Gasteiger partial charge on any atom is 0.272 e. The number of hydrogen-bond donors (Lipinski definition) is 1. The summed E-state index contributed by atoms with van der Waals surface area (Å²) in [5, 5.41) is 10.1. The van der Waals surface area contributed by atoms with Crippen molar-refractivity contribution in [2.75, 3.05) is 18.4 Å². The number of carbonyl (C=O) groups excluding carboxylic acids is 1. The third-order valence-electron chi connectivity index (χ3n) is 3.01. The lowest BCUT2D eigenvalue weighted by Gasteiger charge is -2.15. The lowest BCUT2D eigenvalue weighted by molar-refractivity contribution is 0.102. The van der Waals surface area contributed by atoms with E-state index in [1.165, 1.54) is 4.31 Å². The molecule has 10 heteroatoms. The Kier molecular flexibility index (Phi) is 5.84. The van der Waals surface area contributed by atoms with Gasteiger partial charge in [-0.1, -0.05) is 37.3 Å². The van der Waals surface area contributed by atoms with Crippen LogP contribution in [0.3, 0.4) is 0 Å². The maximum atomic E-state index is 12.3. The van der Waals surface area contributed by atoms with Crippen molar-refractivity contribution in [3.8, 4) is 0 Å². The smallest absolute Gasteiger partial charge is 0.272 e. The highest BCUT2D eigenvalue weighted by Crippen LogP contribution is 2.24. The van der Waals surface area contributed by atoms with Gasteiger partial charge < -0.3 is 0 Å². The predicted octanol–water partition coefficient (Wildman–Crippen LogP) is 2.58. The van der Waals surface area contributed by atoms with E-state index in [2.05, 4.69) is 31.4 Å². The molecule has 1 aromatic carbocycles. The molecule has 2 rings (SSSR count). The molecule has 0 aliphatic carbocycles. The molecule has 1 N–H and O–H groups in total. The summed E-state index contributed by atoms with van der Waals surface area (Å²) in [6.45, 7) is 4.18. The highest BCUT2D eigenvalue weighted by Gasteiger charge is 2.26. The van der Waals surface area contributed by atoms with Gasteiger partial charge in [-0.15, -0.1) is 10.2 Å². The number of nitrogens with one attached hydrogen (secondary N) is 1. The fourth-order valence-corrected chi connectivity index (χ4v) is 4.80. The Morgan fingerprint density at radius 2 is 1.91 bits per heavy atom. The van der Waals surface area contributed by atoms with Crippen molar-refractivity contribution in [3.05, 3.63) is 34.3 Å². The standard InChI is InChI=1S/C13H15BrN4O3S2/c1-3-18(4-2)23(20,21)13-17-16-12(22-13)15-11(19)9-7-5-6-8-10(9)14/h5-8H,3-4H2,1-2H3,(H,15,16,19).